The summed E-state index contributed by atoms with van der Waals surface area (Å²) in [5.41, 5.74) is 2.06. The molecule has 8 nitrogen and oxygen atoms in total. The zero-order chi connectivity index (χ0) is 19.2. The molecule has 0 atom stereocenters. The van der Waals surface area contributed by atoms with Crippen LogP contribution in [0.3, 0.4) is 0 Å². The van der Waals surface area contributed by atoms with Gasteiger partial charge in [-0.25, -0.2) is 4.79 Å². The van der Waals surface area contributed by atoms with Crippen molar-refractivity contribution < 1.29 is 14.3 Å². The number of methoxy groups -OCH3 is 1. The molecule has 0 spiro atoms. The standard InChI is InChI=1S/C19H25N5O3/c1-13-11-21-24(12-13)9-3-8-20-19(26)23-16-10-14(4-7-17(16)27-2)18(25)22-15-5-6-15/h4,7,10-12,15H,3,5-6,8-9H2,1-2H3,(H,22,25)(H2,20,23,26). The molecule has 0 saturated heterocycles. The summed E-state index contributed by atoms with van der Waals surface area (Å²) in [7, 11) is 1.52. The van der Waals surface area contributed by atoms with E-state index in [2.05, 4.69) is 21.0 Å². The second-order valence-electron chi connectivity index (χ2n) is 6.68. The largest absolute Gasteiger partial charge is 0.495 e. The molecule has 1 aromatic heterocycles. The van der Waals surface area contributed by atoms with E-state index in [1.807, 2.05) is 17.8 Å². The molecule has 1 aromatic carbocycles. The van der Waals surface area contributed by atoms with Crippen molar-refractivity contribution in [2.75, 3.05) is 19.0 Å². The highest BCUT2D eigenvalue weighted by atomic mass is 16.5. The molecule has 0 unspecified atom stereocenters. The van der Waals surface area contributed by atoms with Crippen molar-refractivity contribution in [1.29, 1.82) is 0 Å². The number of benzene rings is 1. The molecule has 27 heavy (non-hydrogen) atoms. The van der Waals surface area contributed by atoms with E-state index in [4.69, 9.17) is 4.74 Å². The van der Waals surface area contributed by atoms with E-state index in [0.717, 1.165) is 31.4 Å². The maximum atomic E-state index is 12.2. The second kappa shape index (κ2) is 8.57. The number of hydrogen-bond donors (Lipinski definition) is 3. The first kappa shape index (κ1) is 18.8. The third kappa shape index (κ3) is 5.47. The molecule has 2 aromatic rings. The molecule has 1 fully saturated rings. The van der Waals surface area contributed by atoms with Crippen LogP contribution in [0.15, 0.2) is 30.6 Å². The van der Waals surface area contributed by atoms with E-state index in [9.17, 15) is 9.59 Å². The summed E-state index contributed by atoms with van der Waals surface area (Å²) in [4.78, 5) is 24.4. The van der Waals surface area contributed by atoms with Gasteiger partial charge in [-0.05, 0) is 49.9 Å². The first-order chi connectivity index (χ1) is 13.0. The fourth-order valence-electron chi connectivity index (χ4n) is 2.64. The highest BCUT2D eigenvalue weighted by Crippen LogP contribution is 2.26. The summed E-state index contributed by atoms with van der Waals surface area (Å²) >= 11 is 0. The quantitative estimate of drug-likeness (QED) is 0.620. The maximum absolute atomic E-state index is 12.2. The zero-order valence-corrected chi connectivity index (χ0v) is 15.6. The van der Waals surface area contributed by atoms with Gasteiger partial charge in [0.05, 0.1) is 19.0 Å². The molecule has 3 rings (SSSR count). The van der Waals surface area contributed by atoms with Crippen molar-refractivity contribution in [2.24, 2.45) is 0 Å². The number of aromatic nitrogens is 2. The molecule has 144 valence electrons. The molecule has 8 heteroatoms. The minimum Gasteiger partial charge on any atom is -0.495 e. The topological polar surface area (TPSA) is 97.3 Å². The lowest BCUT2D eigenvalue weighted by molar-refractivity contribution is 0.0951. The average Bonchev–Trinajstić information content (AvgIpc) is 3.37. The van der Waals surface area contributed by atoms with Crippen LogP contribution in [0.5, 0.6) is 5.75 Å². The number of anilines is 1. The predicted molar refractivity (Wildman–Crippen MR) is 102 cm³/mol. The van der Waals surface area contributed by atoms with Crippen LogP contribution in [0.4, 0.5) is 10.5 Å². The van der Waals surface area contributed by atoms with Crippen molar-refractivity contribution >= 4 is 17.6 Å². The summed E-state index contributed by atoms with van der Waals surface area (Å²) in [5, 5.41) is 12.7. The van der Waals surface area contributed by atoms with Crippen LogP contribution in [0, 0.1) is 6.92 Å². The van der Waals surface area contributed by atoms with Crippen LogP contribution in [-0.4, -0.2) is 41.4 Å². The monoisotopic (exact) mass is 371 g/mol. The molecule has 1 aliphatic rings. The molecule has 1 aliphatic carbocycles. The number of urea groups is 1. The Kier molecular flexibility index (Phi) is 5.95. The lowest BCUT2D eigenvalue weighted by Crippen LogP contribution is -2.30. The van der Waals surface area contributed by atoms with Gasteiger partial charge in [-0.1, -0.05) is 0 Å². The number of carbonyl (C=O) groups is 2. The fraction of sp³-hybridized carbons (Fsp3) is 0.421. The van der Waals surface area contributed by atoms with Crippen molar-refractivity contribution in [3.8, 4) is 5.75 Å². The van der Waals surface area contributed by atoms with Gasteiger partial charge in [-0.15, -0.1) is 0 Å². The molecule has 0 radical (unpaired) electrons. The van der Waals surface area contributed by atoms with Gasteiger partial charge in [0.15, 0.2) is 0 Å². The lowest BCUT2D eigenvalue weighted by Gasteiger charge is -2.13. The van der Waals surface area contributed by atoms with Gasteiger partial charge in [0.25, 0.3) is 5.91 Å². The number of hydrogen-bond acceptors (Lipinski definition) is 4. The Morgan fingerprint density at radius 2 is 2.15 bits per heavy atom. The lowest BCUT2D eigenvalue weighted by atomic mass is 10.1. The molecule has 1 saturated carbocycles. The van der Waals surface area contributed by atoms with Gasteiger partial charge < -0.3 is 20.7 Å². The highest BCUT2D eigenvalue weighted by molar-refractivity contribution is 5.98. The fourth-order valence-corrected chi connectivity index (χ4v) is 2.64. The first-order valence-electron chi connectivity index (χ1n) is 9.08. The van der Waals surface area contributed by atoms with Crippen LogP contribution < -0.4 is 20.7 Å². The van der Waals surface area contributed by atoms with E-state index in [1.54, 1.807) is 24.4 Å². The van der Waals surface area contributed by atoms with Gasteiger partial charge >= 0.3 is 6.03 Å². The van der Waals surface area contributed by atoms with Gasteiger partial charge in [0.1, 0.15) is 5.75 Å². The molecule has 3 amide bonds. The number of nitrogens with zero attached hydrogens (tertiary/aromatic N) is 2. The molecular weight excluding hydrogens is 346 g/mol. The van der Waals surface area contributed by atoms with E-state index in [1.165, 1.54) is 7.11 Å². The SMILES string of the molecule is COc1ccc(C(=O)NC2CC2)cc1NC(=O)NCCCn1cc(C)cn1. The van der Waals surface area contributed by atoms with Crippen molar-refractivity contribution in [2.45, 2.75) is 38.8 Å². The minimum atomic E-state index is -0.343. The van der Waals surface area contributed by atoms with Crippen LogP contribution in [-0.2, 0) is 6.54 Å². The summed E-state index contributed by atoms with van der Waals surface area (Å²) in [6.45, 7) is 3.23. The van der Waals surface area contributed by atoms with Crippen molar-refractivity contribution in [1.82, 2.24) is 20.4 Å². The number of nitrogens with one attached hydrogen (secondary N) is 3. The Labute approximate surface area is 158 Å². The Bertz CT molecular complexity index is 813. The number of aryl methyl sites for hydroxylation is 2. The molecular formula is C19H25N5O3. The van der Waals surface area contributed by atoms with Crippen LogP contribution >= 0.6 is 0 Å². The Balaban J connectivity index is 1.51. The highest BCUT2D eigenvalue weighted by Gasteiger charge is 2.24. The van der Waals surface area contributed by atoms with Gasteiger partial charge in [0, 0.05) is 30.9 Å². The summed E-state index contributed by atoms with van der Waals surface area (Å²) in [5.74, 6) is 0.360. The van der Waals surface area contributed by atoms with E-state index < -0.39 is 0 Å². The summed E-state index contributed by atoms with van der Waals surface area (Å²) in [6.07, 6.45) is 6.57. The van der Waals surface area contributed by atoms with E-state index >= 15 is 0 Å². The smallest absolute Gasteiger partial charge is 0.319 e. The molecule has 0 aliphatic heterocycles. The second-order valence-corrected chi connectivity index (χ2v) is 6.68. The van der Waals surface area contributed by atoms with Gasteiger partial charge in [0.2, 0.25) is 0 Å². The minimum absolute atomic E-state index is 0.141. The van der Waals surface area contributed by atoms with Crippen molar-refractivity contribution in [3.63, 3.8) is 0 Å². The van der Waals surface area contributed by atoms with Gasteiger partial charge in [-0.3, -0.25) is 9.48 Å². The first-order valence-corrected chi connectivity index (χ1v) is 9.08. The van der Waals surface area contributed by atoms with Crippen LogP contribution in [0.2, 0.25) is 0 Å². The molecule has 3 N–H and O–H groups in total. The van der Waals surface area contributed by atoms with Crippen LogP contribution in [0.1, 0.15) is 35.2 Å². The average molecular weight is 371 g/mol. The number of carbonyl (C=O) groups excluding carboxylic acids is 2. The molecule has 1 heterocycles. The third-order valence-electron chi connectivity index (χ3n) is 4.23. The third-order valence-corrected chi connectivity index (χ3v) is 4.23. The maximum Gasteiger partial charge on any atom is 0.319 e. The Morgan fingerprint density at radius 1 is 1.33 bits per heavy atom. The van der Waals surface area contributed by atoms with Gasteiger partial charge in [-0.2, -0.15) is 5.10 Å². The summed E-state index contributed by atoms with van der Waals surface area (Å²) in [6, 6.07) is 4.92. The molecule has 0 bridgehead atoms. The number of amides is 3. The predicted octanol–water partition coefficient (Wildman–Crippen LogP) is 2.30. The van der Waals surface area contributed by atoms with E-state index in [0.29, 0.717) is 23.5 Å². The zero-order valence-electron chi connectivity index (χ0n) is 15.6. The van der Waals surface area contributed by atoms with E-state index in [-0.39, 0.29) is 18.0 Å². The Hall–Kier alpha value is -3.03. The summed E-state index contributed by atoms with van der Waals surface area (Å²) < 4.78 is 7.12. The van der Waals surface area contributed by atoms with Crippen molar-refractivity contribution in [3.05, 3.63) is 41.7 Å². The number of ether oxygens (including phenoxy) is 1. The van der Waals surface area contributed by atoms with Crippen LogP contribution in [0.25, 0.3) is 0 Å². The normalized spacial score (nSPS) is 13.1. The Morgan fingerprint density at radius 3 is 2.81 bits per heavy atom. The number of rotatable bonds is 8.